The lowest BCUT2D eigenvalue weighted by Gasteiger charge is -2.13. The van der Waals surface area contributed by atoms with E-state index < -0.39 is 5.82 Å². The Morgan fingerprint density at radius 1 is 1.43 bits per heavy atom. The Hall–Kier alpha value is -1.44. The normalized spacial score (nSPS) is 10.5. The van der Waals surface area contributed by atoms with Crippen LogP contribution < -0.4 is 16.0 Å². The van der Waals surface area contributed by atoms with Crippen molar-refractivity contribution in [3.8, 4) is 11.6 Å². The lowest BCUT2D eigenvalue weighted by Crippen LogP contribution is -2.12. The topological polar surface area (TPSA) is 73.1 Å². The van der Waals surface area contributed by atoms with E-state index in [1.54, 1.807) is 0 Å². The summed E-state index contributed by atoms with van der Waals surface area (Å²) in [4.78, 5) is 8.13. The zero-order chi connectivity index (χ0) is 15.4. The van der Waals surface area contributed by atoms with E-state index in [9.17, 15) is 4.39 Å². The number of halogens is 3. The molecule has 0 radical (unpaired) electrons. The quantitative estimate of drug-likeness (QED) is 0.468. The molecule has 112 valence electrons. The van der Waals surface area contributed by atoms with Gasteiger partial charge in [0.05, 0.1) is 15.1 Å². The SMILES string of the molecule is CCCc1c(NN)ncnc1Oc1cc(F)c(Cl)cc1Br. The van der Waals surface area contributed by atoms with Crippen LogP contribution in [0.15, 0.2) is 22.9 Å². The summed E-state index contributed by atoms with van der Waals surface area (Å²) in [5, 5.41) is 0.00927. The minimum Gasteiger partial charge on any atom is -0.437 e. The molecule has 21 heavy (non-hydrogen) atoms. The van der Waals surface area contributed by atoms with Crippen LogP contribution in [-0.2, 0) is 6.42 Å². The molecular formula is C13H13BrClFN4O. The van der Waals surface area contributed by atoms with Crippen LogP contribution in [-0.4, -0.2) is 9.97 Å². The highest BCUT2D eigenvalue weighted by Crippen LogP contribution is 2.35. The van der Waals surface area contributed by atoms with E-state index in [2.05, 4.69) is 31.3 Å². The molecule has 8 heteroatoms. The molecule has 0 bridgehead atoms. The fraction of sp³-hybridized carbons (Fsp3) is 0.231. The Balaban J connectivity index is 2.42. The Labute approximate surface area is 134 Å². The highest BCUT2D eigenvalue weighted by molar-refractivity contribution is 9.10. The number of ether oxygens (including phenoxy) is 1. The van der Waals surface area contributed by atoms with E-state index in [1.165, 1.54) is 18.5 Å². The van der Waals surface area contributed by atoms with E-state index >= 15 is 0 Å². The van der Waals surface area contributed by atoms with Gasteiger partial charge in [-0.15, -0.1) is 0 Å². The number of nitrogen functional groups attached to an aromatic ring is 1. The summed E-state index contributed by atoms with van der Waals surface area (Å²) in [7, 11) is 0. The molecule has 0 aliphatic carbocycles. The molecule has 0 spiro atoms. The van der Waals surface area contributed by atoms with Crippen molar-refractivity contribution in [1.82, 2.24) is 9.97 Å². The number of hydrogen-bond donors (Lipinski definition) is 2. The molecule has 0 saturated heterocycles. The van der Waals surface area contributed by atoms with Crippen molar-refractivity contribution in [2.24, 2.45) is 5.84 Å². The average molecular weight is 376 g/mol. The first-order valence-electron chi connectivity index (χ1n) is 6.19. The molecule has 1 heterocycles. The van der Waals surface area contributed by atoms with Crippen molar-refractivity contribution in [1.29, 1.82) is 0 Å². The van der Waals surface area contributed by atoms with E-state index in [0.29, 0.717) is 22.6 Å². The molecule has 0 aliphatic rings. The summed E-state index contributed by atoms with van der Waals surface area (Å²) < 4.78 is 19.8. The first-order chi connectivity index (χ1) is 10.1. The average Bonchev–Trinajstić information content (AvgIpc) is 2.46. The molecule has 0 unspecified atom stereocenters. The molecule has 0 fully saturated rings. The van der Waals surface area contributed by atoms with Gasteiger partial charge in [0.1, 0.15) is 23.7 Å². The first-order valence-corrected chi connectivity index (χ1v) is 7.36. The van der Waals surface area contributed by atoms with Crippen molar-refractivity contribution in [2.45, 2.75) is 19.8 Å². The van der Waals surface area contributed by atoms with Gasteiger partial charge in [-0.05, 0) is 28.4 Å². The molecule has 3 N–H and O–H groups in total. The van der Waals surface area contributed by atoms with E-state index in [-0.39, 0.29) is 10.8 Å². The van der Waals surface area contributed by atoms with Gasteiger partial charge in [0, 0.05) is 6.07 Å². The van der Waals surface area contributed by atoms with Gasteiger partial charge in [-0.3, -0.25) is 0 Å². The summed E-state index contributed by atoms with van der Waals surface area (Å²) in [6.45, 7) is 2.01. The van der Waals surface area contributed by atoms with Crippen molar-refractivity contribution < 1.29 is 9.13 Å². The summed E-state index contributed by atoms with van der Waals surface area (Å²) >= 11 is 8.98. The molecule has 5 nitrogen and oxygen atoms in total. The maximum absolute atomic E-state index is 13.6. The molecule has 0 atom stereocenters. The number of aromatic nitrogens is 2. The van der Waals surface area contributed by atoms with Crippen molar-refractivity contribution in [3.05, 3.63) is 39.3 Å². The van der Waals surface area contributed by atoms with E-state index in [4.69, 9.17) is 22.2 Å². The molecule has 2 aromatic rings. The number of anilines is 1. The van der Waals surface area contributed by atoms with E-state index in [0.717, 1.165) is 12.0 Å². The third-order valence-electron chi connectivity index (χ3n) is 2.72. The van der Waals surface area contributed by atoms with Crippen molar-refractivity contribution in [2.75, 3.05) is 5.43 Å². The number of nitrogens with two attached hydrogens (primary N) is 1. The maximum atomic E-state index is 13.6. The summed E-state index contributed by atoms with van der Waals surface area (Å²) in [6, 6.07) is 2.62. The maximum Gasteiger partial charge on any atom is 0.227 e. The second kappa shape index (κ2) is 7.02. The Kier molecular flexibility index (Phi) is 5.33. The molecule has 0 amide bonds. The van der Waals surface area contributed by atoms with Crippen LogP contribution in [0, 0.1) is 5.82 Å². The van der Waals surface area contributed by atoms with Gasteiger partial charge in [0.15, 0.2) is 0 Å². The van der Waals surface area contributed by atoms with Crippen LogP contribution in [0.25, 0.3) is 0 Å². The number of nitrogens with zero attached hydrogens (tertiary/aromatic N) is 2. The molecule has 0 aliphatic heterocycles. The zero-order valence-corrected chi connectivity index (χ0v) is 13.5. The summed E-state index contributed by atoms with van der Waals surface area (Å²) in [5.41, 5.74) is 3.23. The van der Waals surface area contributed by atoms with Gasteiger partial charge in [0.25, 0.3) is 0 Å². The van der Waals surface area contributed by atoms with Gasteiger partial charge in [-0.25, -0.2) is 20.2 Å². The van der Waals surface area contributed by atoms with Crippen LogP contribution in [0.3, 0.4) is 0 Å². The second-order valence-corrected chi connectivity index (χ2v) is 5.46. The van der Waals surface area contributed by atoms with Crippen LogP contribution in [0.2, 0.25) is 5.02 Å². The van der Waals surface area contributed by atoms with Crippen LogP contribution in [0.4, 0.5) is 10.2 Å². The Bertz CT molecular complexity index is 656. The van der Waals surface area contributed by atoms with E-state index in [1.807, 2.05) is 6.92 Å². The molecule has 1 aromatic carbocycles. The standard InChI is InChI=1S/C13H13BrClFN4O/c1-2-3-7-12(20-17)18-6-19-13(7)21-11-5-10(16)9(15)4-8(11)14/h4-6H,2-3,17H2,1H3,(H,18,19,20). The Morgan fingerprint density at radius 3 is 2.86 bits per heavy atom. The van der Waals surface area contributed by atoms with Gasteiger partial charge >= 0.3 is 0 Å². The largest absolute Gasteiger partial charge is 0.437 e. The Morgan fingerprint density at radius 2 is 2.19 bits per heavy atom. The second-order valence-electron chi connectivity index (χ2n) is 4.20. The summed E-state index contributed by atoms with van der Waals surface area (Å²) in [6.07, 6.45) is 2.85. The summed E-state index contributed by atoms with van der Waals surface area (Å²) in [5.74, 6) is 5.94. The number of hydrazine groups is 1. The predicted octanol–water partition coefficient (Wildman–Crippen LogP) is 4.06. The minimum absolute atomic E-state index is 0.00927. The lowest BCUT2D eigenvalue weighted by atomic mass is 10.2. The first kappa shape index (κ1) is 15.9. The van der Waals surface area contributed by atoms with Gasteiger partial charge in [-0.1, -0.05) is 24.9 Å². The van der Waals surface area contributed by atoms with Gasteiger partial charge < -0.3 is 10.2 Å². The minimum atomic E-state index is -0.571. The third kappa shape index (κ3) is 3.61. The van der Waals surface area contributed by atoms with Crippen LogP contribution in [0.1, 0.15) is 18.9 Å². The number of benzene rings is 1. The van der Waals surface area contributed by atoms with Crippen LogP contribution >= 0.6 is 27.5 Å². The van der Waals surface area contributed by atoms with Gasteiger partial charge in [-0.2, -0.15) is 0 Å². The molecular weight excluding hydrogens is 363 g/mol. The highest BCUT2D eigenvalue weighted by atomic mass is 79.9. The lowest BCUT2D eigenvalue weighted by molar-refractivity contribution is 0.447. The molecule has 1 aromatic heterocycles. The fourth-order valence-corrected chi connectivity index (χ4v) is 2.49. The molecule has 2 rings (SSSR count). The fourth-order valence-electron chi connectivity index (χ4n) is 1.77. The molecule has 0 saturated carbocycles. The third-order valence-corrected chi connectivity index (χ3v) is 3.63. The van der Waals surface area contributed by atoms with Crippen LogP contribution in [0.5, 0.6) is 11.6 Å². The monoisotopic (exact) mass is 374 g/mol. The van der Waals surface area contributed by atoms with Crippen molar-refractivity contribution >= 4 is 33.3 Å². The predicted molar refractivity (Wildman–Crippen MR) is 83.0 cm³/mol. The smallest absolute Gasteiger partial charge is 0.227 e. The number of hydrogen-bond acceptors (Lipinski definition) is 5. The number of rotatable bonds is 5. The zero-order valence-electron chi connectivity index (χ0n) is 11.2. The highest BCUT2D eigenvalue weighted by Gasteiger charge is 2.15. The van der Waals surface area contributed by atoms with Gasteiger partial charge in [0.2, 0.25) is 5.88 Å². The number of nitrogens with one attached hydrogen (secondary N) is 1. The van der Waals surface area contributed by atoms with Crippen molar-refractivity contribution in [3.63, 3.8) is 0 Å².